The lowest BCUT2D eigenvalue weighted by atomic mass is 10.1. The van der Waals surface area contributed by atoms with Gasteiger partial charge in [0.2, 0.25) is 0 Å². The number of rotatable bonds is 10. The monoisotopic (exact) mass is 278 g/mol. The minimum atomic E-state index is -0.342. The van der Waals surface area contributed by atoms with Crippen LogP contribution in [0.1, 0.15) is 38.2 Å². The van der Waals surface area contributed by atoms with E-state index in [9.17, 15) is 5.11 Å². The van der Waals surface area contributed by atoms with Crippen molar-refractivity contribution in [3.8, 4) is 5.75 Å². The van der Waals surface area contributed by atoms with E-state index in [0.29, 0.717) is 13.2 Å². The van der Waals surface area contributed by atoms with E-state index in [1.165, 1.54) is 12.8 Å². The van der Waals surface area contributed by atoms with Crippen molar-refractivity contribution >= 4 is 0 Å². The second kappa shape index (κ2) is 10.5. The van der Waals surface area contributed by atoms with Crippen LogP contribution in [0.5, 0.6) is 5.75 Å². The normalized spacial score (nSPS) is 12.8. The van der Waals surface area contributed by atoms with Gasteiger partial charge in [-0.05, 0) is 24.1 Å². The summed E-state index contributed by atoms with van der Waals surface area (Å²) in [6.45, 7) is 3.26. The molecule has 1 aromatic carbocycles. The molecule has 1 N–H and O–H groups in total. The molecule has 3 nitrogen and oxygen atoms in total. The van der Waals surface area contributed by atoms with E-state index in [4.69, 9.17) is 9.47 Å². The average Bonchev–Trinajstić information content (AvgIpc) is 2.48. The highest BCUT2D eigenvalue weighted by Gasteiger charge is 1.98. The van der Waals surface area contributed by atoms with E-state index in [1.54, 1.807) is 7.11 Å². The summed E-state index contributed by atoms with van der Waals surface area (Å²) in [6.07, 6.45) is 7.65. The largest absolute Gasteiger partial charge is 0.497 e. The molecule has 0 fully saturated rings. The first kappa shape index (κ1) is 16.7. The zero-order valence-corrected chi connectivity index (χ0v) is 12.5. The summed E-state index contributed by atoms with van der Waals surface area (Å²) in [7, 11) is 1.65. The highest BCUT2D eigenvalue weighted by molar-refractivity contribution is 5.26. The number of methoxy groups -OCH3 is 1. The molecule has 1 atom stereocenters. The number of aliphatic hydroxyl groups excluding tert-OH is 1. The van der Waals surface area contributed by atoms with Gasteiger partial charge in [0.25, 0.3) is 0 Å². The first-order chi connectivity index (χ1) is 9.76. The zero-order valence-electron chi connectivity index (χ0n) is 12.5. The molecule has 3 heteroatoms. The van der Waals surface area contributed by atoms with Crippen LogP contribution in [0.3, 0.4) is 0 Å². The summed E-state index contributed by atoms with van der Waals surface area (Å²) in [4.78, 5) is 0. The maximum Gasteiger partial charge on any atom is 0.118 e. The van der Waals surface area contributed by atoms with Crippen LogP contribution in [0.2, 0.25) is 0 Å². The molecule has 0 saturated heterocycles. The van der Waals surface area contributed by atoms with Gasteiger partial charge in [0.05, 0.1) is 26.4 Å². The van der Waals surface area contributed by atoms with Gasteiger partial charge in [-0.25, -0.2) is 0 Å². The standard InChI is InChI=1S/C17H26O3/c1-3-4-5-7-16(18)8-6-13-20-14-15-9-11-17(19-2)12-10-15/h6,8-12,16,18H,3-5,7,13-14H2,1-2H3/b8-6+/t16-/m0/s1. The van der Waals surface area contributed by atoms with Crippen LogP contribution in [0.25, 0.3) is 0 Å². The zero-order chi connectivity index (χ0) is 14.6. The lowest BCUT2D eigenvalue weighted by Crippen LogP contribution is -2.02. The van der Waals surface area contributed by atoms with Gasteiger partial charge >= 0.3 is 0 Å². The number of hydrogen-bond donors (Lipinski definition) is 1. The lowest BCUT2D eigenvalue weighted by molar-refractivity contribution is 0.146. The van der Waals surface area contributed by atoms with Gasteiger partial charge in [0.15, 0.2) is 0 Å². The Bertz CT molecular complexity index is 370. The molecule has 1 rings (SSSR count). The number of ether oxygens (including phenoxy) is 2. The van der Waals surface area contributed by atoms with Gasteiger partial charge in [0.1, 0.15) is 5.75 Å². The van der Waals surface area contributed by atoms with Crippen molar-refractivity contribution in [3.63, 3.8) is 0 Å². The third-order valence-corrected chi connectivity index (χ3v) is 3.10. The fourth-order valence-corrected chi connectivity index (χ4v) is 1.88. The van der Waals surface area contributed by atoms with Gasteiger partial charge in [-0.15, -0.1) is 0 Å². The molecule has 0 saturated carbocycles. The molecule has 1 aromatic rings. The second-order valence-electron chi connectivity index (χ2n) is 4.85. The Morgan fingerprint density at radius 3 is 2.60 bits per heavy atom. The third-order valence-electron chi connectivity index (χ3n) is 3.10. The van der Waals surface area contributed by atoms with E-state index in [2.05, 4.69) is 6.92 Å². The maximum absolute atomic E-state index is 9.69. The quantitative estimate of drug-likeness (QED) is 0.524. The van der Waals surface area contributed by atoms with Crippen LogP contribution in [0.15, 0.2) is 36.4 Å². The Labute approximate surface area is 122 Å². The van der Waals surface area contributed by atoms with E-state index in [1.807, 2.05) is 36.4 Å². The fourth-order valence-electron chi connectivity index (χ4n) is 1.88. The molecule has 20 heavy (non-hydrogen) atoms. The molecule has 0 amide bonds. The van der Waals surface area contributed by atoms with Crippen LogP contribution in [-0.2, 0) is 11.3 Å². The van der Waals surface area contributed by atoms with Crippen molar-refractivity contribution in [3.05, 3.63) is 42.0 Å². The first-order valence-electron chi connectivity index (χ1n) is 7.31. The van der Waals surface area contributed by atoms with Crippen LogP contribution in [0.4, 0.5) is 0 Å². The highest BCUT2D eigenvalue weighted by Crippen LogP contribution is 2.11. The summed E-state index contributed by atoms with van der Waals surface area (Å²) < 4.78 is 10.6. The van der Waals surface area contributed by atoms with Crippen molar-refractivity contribution in [1.29, 1.82) is 0 Å². The number of aliphatic hydroxyl groups is 1. The minimum absolute atomic E-state index is 0.342. The van der Waals surface area contributed by atoms with Crippen molar-refractivity contribution in [1.82, 2.24) is 0 Å². The van der Waals surface area contributed by atoms with Gasteiger partial charge < -0.3 is 14.6 Å². The lowest BCUT2D eigenvalue weighted by Gasteiger charge is -2.05. The molecule has 0 aliphatic rings. The van der Waals surface area contributed by atoms with Gasteiger partial charge in [-0.2, -0.15) is 0 Å². The first-order valence-corrected chi connectivity index (χ1v) is 7.31. The molecule has 0 aliphatic carbocycles. The van der Waals surface area contributed by atoms with E-state index >= 15 is 0 Å². The second-order valence-corrected chi connectivity index (χ2v) is 4.85. The maximum atomic E-state index is 9.69. The smallest absolute Gasteiger partial charge is 0.118 e. The van der Waals surface area contributed by atoms with Gasteiger partial charge in [0, 0.05) is 0 Å². The Hall–Kier alpha value is -1.32. The Morgan fingerprint density at radius 1 is 1.20 bits per heavy atom. The molecule has 0 radical (unpaired) electrons. The molecule has 0 bridgehead atoms. The predicted octanol–water partition coefficient (Wildman–Crippen LogP) is 3.71. The van der Waals surface area contributed by atoms with E-state index in [-0.39, 0.29) is 6.10 Å². The summed E-state index contributed by atoms with van der Waals surface area (Å²) in [5.41, 5.74) is 1.11. The van der Waals surface area contributed by atoms with Crippen molar-refractivity contribution in [2.45, 2.75) is 45.3 Å². The van der Waals surface area contributed by atoms with Crippen LogP contribution in [-0.4, -0.2) is 24.9 Å². The molecule has 0 aliphatic heterocycles. The Morgan fingerprint density at radius 2 is 1.95 bits per heavy atom. The number of benzene rings is 1. The Kier molecular flexibility index (Phi) is 8.76. The van der Waals surface area contributed by atoms with Crippen molar-refractivity contribution in [2.75, 3.05) is 13.7 Å². The molecule has 0 spiro atoms. The predicted molar refractivity (Wildman–Crippen MR) is 81.9 cm³/mol. The molecule has 0 unspecified atom stereocenters. The van der Waals surface area contributed by atoms with Gasteiger partial charge in [-0.1, -0.05) is 50.5 Å². The highest BCUT2D eigenvalue weighted by atomic mass is 16.5. The Balaban J connectivity index is 2.13. The van der Waals surface area contributed by atoms with Crippen molar-refractivity contribution < 1.29 is 14.6 Å². The van der Waals surface area contributed by atoms with Gasteiger partial charge in [-0.3, -0.25) is 0 Å². The van der Waals surface area contributed by atoms with Crippen molar-refractivity contribution in [2.24, 2.45) is 0 Å². The average molecular weight is 278 g/mol. The van der Waals surface area contributed by atoms with Crippen LogP contribution >= 0.6 is 0 Å². The summed E-state index contributed by atoms with van der Waals surface area (Å²) in [5.74, 6) is 0.851. The number of hydrogen-bond acceptors (Lipinski definition) is 3. The van der Waals surface area contributed by atoms with E-state index < -0.39 is 0 Å². The number of unbranched alkanes of at least 4 members (excludes halogenated alkanes) is 2. The van der Waals surface area contributed by atoms with Crippen LogP contribution in [0, 0.1) is 0 Å². The minimum Gasteiger partial charge on any atom is -0.497 e. The third kappa shape index (κ3) is 7.31. The topological polar surface area (TPSA) is 38.7 Å². The molecular formula is C17H26O3. The molecular weight excluding hydrogens is 252 g/mol. The molecule has 0 aromatic heterocycles. The van der Waals surface area contributed by atoms with E-state index in [0.717, 1.165) is 24.2 Å². The molecule has 112 valence electrons. The summed E-state index contributed by atoms with van der Waals surface area (Å²) >= 11 is 0. The summed E-state index contributed by atoms with van der Waals surface area (Å²) in [6, 6.07) is 7.82. The molecule has 0 heterocycles. The SMILES string of the molecule is CCCCC[C@H](O)/C=C/COCc1ccc(OC)cc1. The fraction of sp³-hybridized carbons (Fsp3) is 0.529. The van der Waals surface area contributed by atoms with Crippen LogP contribution < -0.4 is 4.74 Å². The summed E-state index contributed by atoms with van der Waals surface area (Å²) in [5, 5.41) is 9.69.